The highest BCUT2D eigenvalue weighted by atomic mass is 16.5. The van der Waals surface area contributed by atoms with E-state index in [0.29, 0.717) is 30.2 Å². The van der Waals surface area contributed by atoms with Crippen molar-refractivity contribution in [1.82, 2.24) is 25.0 Å². The highest BCUT2D eigenvalue weighted by Crippen LogP contribution is 2.37. The van der Waals surface area contributed by atoms with Crippen LogP contribution >= 0.6 is 0 Å². The molecule has 1 aliphatic carbocycles. The Balaban J connectivity index is 1.13. The Hall–Kier alpha value is -4.12. The fourth-order valence-corrected chi connectivity index (χ4v) is 4.84. The first-order valence-electron chi connectivity index (χ1n) is 13.0. The molecule has 0 spiro atoms. The molecule has 2 aromatic heterocycles. The topological polar surface area (TPSA) is 152 Å². The van der Waals surface area contributed by atoms with Gasteiger partial charge in [0.25, 0.3) is 0 Å². The molecule has 0 bridgehead atoms. The van der Waals surface area contributed by atoms with Gasteiger partial charge in [-0.15, -0.1) is 0 Å². The van der Waals surface area contributed by atoms with Gasteiger partial charge in [-0.1, -0.05) is 65.8 Å². The first kappa shape index (κ1) is 26.5. The van der Waals surface area contributed by atoms with Crippen molar-refractivity contribution in [1.29, 1.82) is 0 Å². The van der Waals surface area contributed by atoms with Gasteiger partial charge in [-0.2, -0.15) is 4.98 Å². The predicted molar refractivity (Wildman–Crippen MR) is 145 cm³/mol. The van der Waals surface area contributed by atoms with Gasteiger partial charge >= 0.3 is 11.8 Å². The normalized spacial score (nSPS) is 18.6. The number of amides is 1. The van der Waals surface area contributed by atoms with Gasteiger partial charge < -0.3 is 30.4 Å². The summed E-state index contributed by atoms with van der Waals surface area (Å²) in [5, 5.41) is 26.9. The lowest BCUT2D eigenvalue weighted by molar-refractivity contribution is 0.0958. The maximum absolute atomic E-state index is 11.1. The Bertz CT molecular complexity index is 1420. The maximum atomic E-state index is 11.1. The van der Waals surface area contributed by atoms with E-state index in [4.69, 9.17) is 10.3 Å². The fourth-order valence-electron chi connectivity index (χ4n) is 4.84. The molecule has 0 aliphatic heterocycles. The number of imidazole rings is 1. The number of carbonyl (C=O) groups is 1. The fraction of sp³-hybridized carbons (Fsp3) is 0.310. The summed E-state index contributed by atoms with van der Waals surface area (Å²) in [5.41, 5.74) is 9.76. The van der Waals surface area contributed by atoms with Crippen molar-refractivity contribution in [2.75, 3.05) is 6.61 Å². The van der Waals surface area contributed by atoms with E-state index in [-0.39, 0.29) is 18.5 Å². The Kier molecular flexibility index (Phi) is 7.97. The molecule has 0 unspecified atom stereocenters. The summed E-state index contributed by atoms with van der Waals surface area (Å²) in [6.45, 7) is 2.00. The van der Waals surface area contributed by atoms with E-state index in [1.807, 2.05) is 12.2 Å². The van der Waals surface area contributed by atoms with Crippen molar-refractivity contribution < 1.29 is 19.5 Å². The molecular weight excluding hydrogens is 496 g/mol. The van der Waals surface area contributed by atoms with Gasteiger partial charge in [-0.25, -0.2) is 4.98 Å². The smallest absolute Gasteiger partial charge is 0.315 e. The molecule has 1 amide bonds. The van der Waals surface area contributed by atoms with Gasteiger partial charge in [0, 0.05) is 18.4 Å². The lowest BCUT2D eigenvalue weighted by Crippen LogP contribution is -2.39. The predicted octanol–water partition coefficient (Wildman–Crippen LogP) is 3.37. The molecule has 2 aromatic carbocycles. The molecule has 5 rings (SSSR count). The molecule has 1 saturated carbocycles. The molecule has 10 heteroatoms. The number of nitrogens with two attached hydrogens (primary N) is 1. The highest BCUT2D eigenvalue weighted by molar-refractivity contribution is 5.87. The number of primary amides is 1. The van der Waals surface area contributed by atoms with Crippen LogP contribution in [0, 0.1) is 0 Å². The van der Waals surface area contributed by atoms with Crippen molar-refractivity contribution in [3.63, 3.8) is 0 Å². The van der Waals surface area contributed by atoms with Crippen LogP contribution in [0.5, 0.6) is 0 Å². The molecular formula is C29H32N6O4. The van der Waals surface area contributed by atoms with E-state index < -0.39 is 12.0 Å². The lowest BCUT2D eigenvalue weighted by Gasteiger charge is -2.36. The second-order valence-corrected chi connectivity index (χ2v) is 9.85. The van der Waals surface area contributed by atoms with E-state index in [0.717, 1.165) is 29.5 Å². The van der Waals surface area contributed by atoms with Crippen molar-refractivity contribution >= 4 is 12.0 Å². The third-order valence-corrected chi connectivity index (χ3v) is 7.12. The van der Waals surface area contributed by atoms with Gasteiger partial charge in [0.1, 0.15) is 11.9 Å². The molecule has 4 aromatic rings. The maximum Gasteiger partial charge on any atom is 0.315 e. The number of hydrogen-bond acceptors (Lipinski definition) is 8. The Morgan fingerprint density at radius 1 is 1.18 bits per heavy atom. The summed E-state index contributed by atoms with van der Waals surface area (Å²) in [6, 6.07) is 17.0. The van der Waals surface area contributed by atoms with Crippen LogP contribution in [0.4, 0.5) is 0 Å². The summed E-state index contributed by atoms with van der Waals surface area (Å²) in [6.07, 6.45) is 8.60. The number of nitrogens with one attached hydrogen (secondary N) is 1. The van der Waals surface area contributed by atoms with Crippen LogP contribution in [0.15, 0.2) is 71.5 Å². The summed E-state index contributed by atoms with van der Waals surface area (Å²) in [7, 11) is 0. The Morgan fingerprint density at radius 3 is 2.49 bits per heavy atom. The van der Waals surface area contributed by atoms with Gasteiger partial charge in [-0.3, -0.25) is 4.79 Å². The highest BCUT2D eigenvalue weighted by Gasteiger charge is 2.30. The summed E-state index contributed by atoms with van der Waals surface area (Å²) in [4.78, 5) is 19.2. The molecule has 1 fully saturated rings. The number of aromatic nitrogens is 4. The quantitative estimate of drug-likeness (QED) is 0.231. The van der Waals surface area contributed by atoms with Crippen molar-refractivity contribution in [2.24, 2.45) is 5.73 Å². The third-order valence-electron chi connectivity index (χ3n) is 7.12. The minimum Gasteiger partial charge on any atom is -0.394 e. The number of aliphatic hydroxyl groups excluding tert-OH is 2. The molecule has 5 N–H and O–H groups in total. The molecule has 0 radical (unpaired) electrons. The van der Waals surface area contributed by atoms with E-state index in [1.165, 1.54) is 5.56 Å². The van der Waals surface area contributed by atoms with Gasteiger partial charge in [0.2, 0.25) is 0 Å². The zero-order valence-corrected chi connectivity index (χ0v) is 21.6. The van der Waals surface area contributed by atoms with Gasteiger partial charge in [0.05, 0.1) is 19.2 Å². The van der Waals surface area contributed by atoms with Crippen LogP contribution in [0.1, 0.15) is 71.3 Å². The second-order valence-electron chi connectivity index (χ2n) is 9.85. The number of rotatable bonds is 11. The van der Waals surface area contributed by atoms with Crippen LogP contribution in [0.3, 0.4) is 0 Å². The Morgan fingerprint density at radius 2 is 1.87 bits per heavy atom. The number of benzene rings is 2. The number of nitrogens with zero attached hydrogens (tertiary/aromatic N) is 4. The average Bonchev–Trinajstić information content (AvgIpc) is 3.60. The van der Waals surface area contributed by atoms with Crippen LogP contribution < -0.4 is 11.1 Å². The van der Waals surface area contributed by atoms with E-state index in [1.54, 1.807) is 23.9 Å². The van der Waals surface area contributed by atoms with Gasteiger partial charge in [0.15, 0.2) is 5.82 Å². The Labute approximate surface area is 226 Å². The molecule has 2 atom stereocenters. The first-order valence-corrected chi connectivity index (χ1v) is 13.0. The standard InChI is InChI=1S/C29H32N6O4/c1-18(37)28-31-12-13-35(28)25(17-36)11-4-19-2-5-20(6-3-19)21-7-9-22(10-8-21)23-14-24(15-23)32-16-26-33-29(27(30)38)39-34-26/h2-13,18,23-25,32,36-37H,14-17H2,1H3,(H2,30,38)/b11-4+/t18-,23?,24?,25-/m0/s1. The zero-order valence-electron chi connectivity index (χ0n) is 21.6. The van der Waals surface area contributed by atoms with E-state index >= 15 is 0 Å². The lowest BCUT2D eigenvalue weighted by atomic mass is 9.75. The molecule has 2 heterocycles. The van der Waals surface area contributed by atoms with Gasteiger partial charge in [-0.05, 0) is 47.9 Å². The van der Waals surface area contributed by atoms with E-state index in [2.05, 4.69) is 69.0 Å². The number of carbonyl (C=O) groups excluding carboxylic acids is 1. The number of aliphatic hydroxyl groups is 2. The average molecular weight is 529 g/mol. The van der Waals surface area contributed by atoms with Crippen LogP contribution in [-0.4, -0.2) is 48.5 Å². The second kappa shape index (κ2) is 11.7. The van der Waals surface area contributed by atoms with Crippen LogP contribution in [0.2, 0.25) is 0 Å². The summed E-state index contributed by atoms with van der Waals surface area (Å²) in [5.74, 6) is 0.557. The van der Waals surface area contributed by atoms with Crippen LogP contribution in [-0.2, 0) is 6.54 Å². The molecule has 10 nitrogen and oxygen atoms in total. The molecule has 0 saturated heterocycles. The summed E-state index contributed by atoms with van der Waals surface area (Å²) < 4.78 is 6.59. The molecule has 1 aliphatic rings. The van der Waals surface area contributed by atoms with Crippen LogP contribution in [0.25, 0.3) is 17.2 Å². The van der Waals surface area contributed by atoms with Crippen molar-refractivity contribution in [3.8, 4) is 11.1 Å². The SMILES string of the molecule is C[C@H](O)c1nccn1[C@@H](/C=C/c1ccc(-c2ccc(C3CC(NCc4noc(C(N)=O)n4)C3)cc2)cc1)CO. The van der Waals surface area contributed by atoms with Crippen molar-refractivity contribution in [2.45, 2.75) is 50.4 Å². The third kappa shape index (κ3) is 6.14. The monoisotopic (exact) mass is 528 g/mol. The van der Waals surface area contributed by atoms with Crippen molar-refractivity contribution in [3.05, 3.63) is 95.7 Å². The minimum atomic E-state index is -0.723. The van der Waals surface area contributed by atoms with E-state index in [9.17, 15) is 15.0 Å². The summed E-state index contributed by atoms with van der Waals surface area (Å²) >= 11 is 0. The largest absolute Gasteiger partial charge is 0.394 e. The molecule has 39 heavy (non-hydrogen) atoms. The first-order chi connectivity index (χ1) is 18.9. The minimum absolute atomic E-state index is 0.0918. The molecule has 202 valence electrons. The number of hydrogen-bond donors (Lipinski definition) is 4. The zero-order chi connectivity index (χ0) is 27.4.